The largest absolute Gasteiger partial charge is 0.379 e. The molecule has 6 heteroatoms. The molecule has 0 aliphatic carbocycles. The van der Waals surface area contributed by atoms with Crippen LogP contribution in [0.4, 0.5) is 8.78 Å². The Labute approximate surface area is 122 Å². The van der Waals surface area contributed by atoms with Crippen LogP contribution in [0.5, 0.6) is 0 Å². The molecule has 21 heavy (non-hydrogen) atoms. The van der Waals surface area contributed by atoms with Gasteiger partial charge in [-0.3, -0.25) is 10.1 Å². The Kier molecular flexibility index (Phi) is 3.91. The van der Waals surface area contributed by atoms with Crippen LogP contribution in [0.1, 0.15) is 31.5 Å². The van der Waals surface area contributed by atoms with E-state index in [1.807, 2.05) is 0 Å². The highest BCUT2D eigenvalue weighted by Crippen LogP contribution is 2.31. The molecule has 3 atom stereocenters. The average molecular weight is 296 g/mol. The van der Waals surface area contributed by atoms with Crippen molar-refractivity contribution in [3.05, 3.63) is 35.4 Å². The van der Waals surface area contributed by atoms with Crippen LogP contribution in [0.25, 0.3) is 0 Å². The highest BCUT2D eigenvalue weighted by atomic mass is 19.2. The standard InChI is InChI=1S/C15H18F2N2O2/c1-9-15(20)19(11-3-2-6-21-8-11)14(18-9)10-4-5-12(16)13(17)7-10/h4-5,7,9,11,14,18H,2-3,6,8H2,1H3. The van der Waals surface area contributed by atoms with Crippen LogP contribution in [0, 0.1) is 11.6 Å². The van der Waals surface area contributed by atoms with Crippen molar-refractivity contribution >= 4 is 5.91 Å². The van der Waals surface area contributed by atoms with Crippen LogP contribution < -0.4 is 5.32 Å². The molecule has 0 radical (unpaired) electrons. The van der Waals surface area contributed by atoms with Gasteiger partial charge in [0.05, 0.1) is 18.7 Å². The number of ether oxygens (including phenoxy) is 1. The van der Waals surface area contributed by atoms with E-state index in [9.17, 15) is 13.6 Å². The van der Waals surface area contributed by atoms with Gasteiger partial charge in [0.25, 0.3) is 0 Å². The van der Waals surface area contributed by atoms with Gasteiger partial charge in [-0.05, 0) is 37.5 Å². The summed E-state index contributed by atoms with van der Waals surface area (Å²) in [6.07, 6.45) is 1.32. The molecule has 0 aromatic heterocycles. The number of hydrogen-bond donors (Lipinski definition) is 1. The van der Waals surface area contributed by atoms with Crippen LogP contribution in [0.3, 0.4) is 0 Å². The first kappa shape index (κ1) is 14.4. The lowest BCUT2D eigenvalue weighted by Crippen LogP contribution is -2.44. The molecule has 2 saturated heterocycles. The van der Waals surface area contributed by atoms with Crippen molar-refractivity contribution in [2.24, 2.45) is 0 Å². The van der Waals surface area contributed by atoms with Gasteiger partial charge in [0.1, 0.15) is 6.17 Å². The smallest absolute Gasteiger partial charge is 0.241 e. The molecule has 0 spiro atoms. The molecule has 0 bridgehead atoms. The first-order valence-corrected chi connectivity index (χ1v) is 7.19. The molecule has 0 saturated carbocycles. The Morgan fingerprint density at radius 3 is 2.81 bits per heavy atom. The van der Waals surface area contributed by atoms with E-state index in [4.69, 9.17) is 4.74 Å². The Bertz CT molecular complexity index is 546. The van der Waals surface area contributed by atoms with Gasteiger partial charge in [0, 0.05) is 6.61 Å². The molecule has 1 N–H and O–H groups in total. The summed E-state index contributed by atoms with van der Waals surface area (Å²) in [5.41, 5.74) is 0.553. The quantitative estimate of drug-likeness (QED) is 0.907. The van der Waals surface area contributed by atoms with E-state index >= 15 is 0 Å². The number of amides is 1. The molecule has 2 aliphatic rings. The number of rotatable bonds is 2. The third kappa shape index (κ3) is 2.65. The Morgan fingerprint density at radius 1 is 1.33 bits per heavy atom. The van der Waals surface area contributed by atoms with Gasteiger partial charge in [-0.2, -0.15) is 0 Å². The summed E-state index contributed by atoms with van der Waals surface area (Å²) in [6.45, 7) is 2.97. The highest BCUT2D eigenvalue weighted by Gasteiger charge is 2.41. The number of hydrogen-bond acceptors (Lipinski definition) is 3. The van der Waals surface area contributed by atoms with Gasteiger partial charge in [0.2, 0.25) is 5.91 Å². The maximum Gasteiger partial charge on any atom is 0.241 e. The maximum atomic E-state index is 13.5. The van der Waals surface area contributed by atoms with Crippen molar-refractivity contribution in [1.29, 1.82) is 0 Å². The monoisotopic (exact) mass is 296 g/mol. The molecule has 2 heterocycles. The predicted molar refractivity (Wildman–Crippen MR) is 72.4 cm³/mol. The van der Waals surface area contributed by atoms with E-state index in [0.717, 1.165) is 25.0 Å². The number of carbonyl (C=O) groups is 1. The Balaban J connectivity index is 1.90. The zero-order valence-corrected chi connectivity index (χ0v) is 11.8. The van der Waals surface area contributed by atoms with Gasteiger partial charge in [-0.15, -0.1) is 0 Å². The number of benzene rings is 1. The number of halogens is 2. The van der Waals surface area contributed by atoms with Crippen molar-refractivity contribution in [2.45, 2.75) is 38.0 Å². The summed E-state index contributed by atoms with van der Waals surface area (Å²) in [4.78, 5) is 14.1. The second kappa shape index (κ2) is 5.69. The summed E-state index contributed by atoms with van der Waals surface area (Å²) in [5, 5.41) is 3.15. The van der Waals surface area contributed by atoms with Gasteiger partial charge in [0.15, 0.2) is 11.6 Å². The summed E-state index contributed by atoms with van der Waals surface area (Å²) < 4.78 is 32.0. The van der Waals surface area contributed by atoms with Crippen molar-refractivity contribution in [3.8, 4) is 0 Å². The van der Waals surface area contributed by atoms with Gasteiger partial charge in [-0.1, -0.05) is 6.07 Å². The molecular weight excluding hydrogens is 278 g/mol. The van der Waals surface area contributed by atoms with Gasteiger partial charge in [-0.25, -0.2) is 8.78 Å². The van der Waals surface area contributed by atoms with E-state index in [1.165, 1.54) is 6.07 Å². The molecule has 1 aromatic carbocycles. The minimum absolute atomic E-state index is 0.0261. The third-order valence-electron chi connectivity index (χ3n) is 4.10. The zero-order valence-electron chi connectivity index (χ0n) is 11.8. The number of nitrogens with one attached hydrogen (secondary N) is 1. The average Bonchev–Trinajstić information content (AvgIpc) is 2.79. The van der Waals surface area contributed by atoms with Gasteiger partial charge < -0.3 is 9.64 Å². The number of nitrogens with zero attached hydrogens (tertiary/aromatic N) is 1. The lowest BCUT2D eigenvalue weighted by atomic mass is 10.1. The van der Waals surface area contributed by atoms with Crippen molar-refractivity contribution in [1.82, 2.24) is 10.2 Å². The summed E-state index contributed by atoms with van der Waals surface area (Å²) in [6, 6.07) is 3.38. The van der Waals surface area contributed by atoms with Crippen LogP contribution in [-0.4, -0.2) is 36.1 Å². The lowest BCUT2D eigenvalue weighted by molar-refractivity contribution is -0.135. The fraction of sp³-hybridized carbons (Fsp3) is 0.533. The molecule has 4 nitrogen and oxygen atoms in total. The van der Waals surface area contributed by atoms with Crippen LogP contribution in [-0.2, 0) is 9.53 Å². The first-order valence-electron chi connectivity index (χ1n) is 7.19. The van der Waals surface area contributed by atoms with E-state index in [-0.39, 0.29) is 18.0 Å². The molecule has 114 valence electrons. The number of carbonyl (C=O) groups excluding carboxylic acids is 1. The molecule has 2 fully saturated rings. The Morgan fingerprint density at radius 2 is 2.14 bits per heavy atom. The third-order valence-corrected chi connectivity index (χ3v) is 4.10. The molecule has 2 aliphatic heterocycles. The van der Waals surface area contributed by atoms with Crippen LogP contribution in [0.2, 0.25) is 0 Å². The topological polar surface area (TPSA) is 41.6 Å². The lowest BCUT2D eigenvalue weighted by Gasteiger charge is -2.35. The Hall–Kier alpha value is -1.53. The normalized spacial score (nSPS) is 30.0. The molecule has 1 amide bonds. The first-order chi connectivity index (χ1) is 10.1. The van der Waals surface area contributed by atoms with Crippen molar-refractivity contribution in [3.63, 3.8) is 0 Å². The zero-order chi connectivity index (χ0) is 15.0. The fourth-order valence-corrected chi connectivity index (χ4v) is 3.01. The summed E-state index contributed by atoms with van der Waals surface area (Å²) in [5.74, 6) is -1.81. The molecule has 3 rings (SSSR count). The summed E-state index contributed by atoms with van der Waals surface area (Å²) in [7, 11) is 0. The summed E-state index contributed by atoms with van der Waals surface area (Å²) >= 11 is 0. The highest BCUT2D eigenvalue weighted by molar-refractivity contribution is 5.84. The SMILES string of the molecule is CC1NC(c2ccc(F)c(F)c2)N(C2CCCOC2)C1=O. The van der Waals surface area contributed by atoms with E-state index in [1.54, 1.807) is 11.8 Å². The minimum atomic E-state index is -0.902. The maximum absolute atomic E-state index is 13.5. The second-order valence-electron chi connectivity index (χ2n) is 5.58. The molecule has 3 unspecified atom stereocenters. The van der Waals surface area contributed by atoms with Crippen molar-refractivity contribution < 1.29 is 18.3 Å². The van der Waals surface area contributed by atoms with Gasteiger partial charge >= 0.3 is 0 Å². The van der Waals surface area contributed by atoms with E-state index in [0.29, 0.717) is 18.8 Å². The fourth-order valence-electron chi connectivity index (χ4n) is 3.01. The van der Waals surface area contributed by atoms with E-state index in [2.05, 4.69) is 5.32 Å². The predicted octanol–water partition coefficient (Wildman–Crippen LogP) is 1.96. The van der Waals surface area contributed by atoms with Crippen LogP contribution >= 0.6 is 0 Å². The second-order valence-corrected chi connectivity index (χ2v) is 5.58. The minimum Gasteiger partial charge on any atom is -0.379 e. The van der Waals surface area contributed by atoms with Crippen LogP contribution in [0.15, 0.2) is 18.2 Å². The van der Waals surface area contributed by atoms with Crippen molar-refractivity contribution in [2.75, 3.05) is 13.2 Å². The molecule has 1 aromatic rings. The van der Waals surface area contributed by atoms with E-state index < -0.39 is 17.8 Å². The molecular formula is C15H18F2N2O2.